The fraction of sp³-hybridized carbons (Fsp3) is 0.391. The normalized spacial score (nSPS) is 17.6. The van der Waals surface area contributed by atoms with Gasteiger partial charge in [-0.05, 0) is 63.5 Å². The Labute approximate surface area is 166 Å². The molecule has 1 unspecified atom stereocenters. The first-order chi connectivity index (χ1) is 13.6. The number of hydrogen-bond acceptors (Lipinski definition) is 5. The molecule has 1 aliphatic heterocycles. The minimum atomic E-state index is 0.401. The number of ether oxygens (including phenoxy) is 1. The molecular formula is C23H28N4O. The Kier molecular flexibility index (Phi) is 5.18. The van der Waals surface area contributed by atoms with Crippen molar-refractivity contribution in [3.8, 4) is 17.0 Å². The van der Waals surface area contributed by atoms with Crippen molar-refractivity contribution >= 4 is 16.6 Å². The van der Waals surface area contributed by atoms with Gasteiger partial charge in [0.1, 0.15) is 11.4 Å². The van der Waals surface area contributed by atoms with Crippen LogP contribution in [0.3, 0.4) is 0 Å². The van der Waals surface area contributed by atoms with E-state index in [1.54, 1.807) is 7.11 Å². The maximum absolute atomic E-state index is 5.66. The molecule has 1 aliphatic rings. The van der Waals surface area contributed by atoms with E-state index in [-0.39, 0.29) is 0 Å². The van der Waals surface area contributed by atoms with Gasteiger partial charge in [-0.3, -0.25) is 0 Å². The van der Waals surface area contributed by atoms with Crippen molar-refractivity contribution in [2.24, 2.45) is 0 Å². The molecule has 1 aromatic heterocycles. The molecule has 0 amide bonds. The number of nitrogens with one attached hydrogen (secondary N) is 1. The van der Waals surface area contributed by atoms with Gasteiger partial charge in [-0.25, -0.2) is 0 Å². The lowest BCUT2D eigenvalue weighted by molar-refractivity contribution is 0.261. The Balaban J connectivity index is 1.79. The molecule has 1 N–H and O–H groups in total. The molecule has 146 valence electrons. The van der Waals surface area contributed by atoms with Crippen LogP contribution in [0.25, 0.3) is 22.0 Å². The molecule has 4 rings (SSSR count). The lowest BCUT2D eigenvalue weighted by Crippen LogP contribution is -2.40. The van der Waals surface area contributed by atoms with E-state index >= 15 is 0 Å². The van der Waals surface area contributed by atoms with Crippen LogP contribution >= 0.6 is 0 Å². The molecule has 28 heavy (non-hydrogen) atoms. The van der Waals surface area contributed by atoms with E-state index in [0.717, 1.165) is 53.1 Å². The van der Waals surface area contributed by atoms with Crippen LogP contribution in [-0.2, 0) is 0 Å². The highest BCUT2D eigenvalue weighted by Gasteiger charge is 2.20. The smallest absolute Gasteiger partial charge is 0.156 e. The number of methoxy groups -OCH3 is 1. The summed E-state index contributed by atoms with van der Waals surface area (Å²) in [6.45, 7) is 6.40. The third-order valence-corrected chi connectivity index (χ3v) is 5.72. The molecule has 0 aliphatic carbocycles. The third-order valence-electron chi connectivity index (χ3n) is 5.72. The number of benzene rings is 2. The summed E-state index contributed by atoms with van der Waals surface area (Å²) in [6, 6.07) is 13.0. The summed E-state index contributed by atoms with van der Waals surface area (Å²) in [5.41, 5.74) is 4.27. The molecule has 3 aromatic rings. The molecule has 0 spiro atoms. The van der Waals surface area contributed by atoms with Gasteiger partial charge < -0.3 is 15.0 Å². The first kappa shape index (κ1) is 18.7. The second kappa shape index (κ2) is 7.76. The quantitative estimate of drug-likeness (QED) is 0.730. The molecular weight excluding hydrogens is 348 g/mol. The van der Waals surface area contributed by atoms with E-state index < -0.39 is 0 Å². The SMILES string of the molecule is COc1cc(C)c(C)cc1-c1nnc(NC2CCCN(C)C2)c2ccccc12. The third kappa shape index (κ3) is 3.54. The van der Waals surface area contributed by atoms with Gasteiger partial charge in [0.15, 0.2) is 5.82 Å². The number of nitrogens with zero attached hydrogens (tertiary/aromatic N) is 3. The minimum Gasteiger partial charge on any atom is -0.496 e. The zero-order valence-electron chi connectivity index (χ0n) is 17.1. The highest BCUT2D eigenvalue weighted by molar-refractivity contribution is 6.01. The van der Waals surface area contributed by atoms with Gasteiger partial charge >= 0.3 is 0 Å². The number of aryl methyl sites for hydroxylation is 2. The zero-order chi connectivity index (χ0) is 19.7. The van der Waals surface area contributed by atoms with E-state index in [9.17, 15) is 0 Å². The number of likely N-dealkylation sites (N-methyl/N-ethyl adjacent to an activating group) is 1. The maximum atomic E-state index is 5.66. The van der Waals surface area contributed by atoms with Crippen molar-refractivity contribution in [1.82, 2.24) is 15.1 Å². The molecule has 2 heterocycles. The van der Waals surface area contributed by atoms with Crippen LogP contribution in [0.2, 0.25) is 0 Å². The predicted molar refractivity (Wildman–Crippen MR) is 115 cm³/mol. The van der Waals surface area contributed by atoms with E-state index in [0.29, 0.717) is 6.04 Å². The summed E-state index contributed by atoms with van der Waals surface area (Å²) in [7, 11) is 3.88. The number of hydrogen-bond donors (Lipinski definition) is 1. The molecule has 1 saturated heterocycles. The maximum Gasteiger partial charge on any atom is 0.156 e. The summed E-state index contributed by atoms with van der Waals surface area (Å²) in [4.78, 5) is 2.37. The summed E-state index contributed by atoms with van der Waals surface area (Å²) in [5, 5.41) is 15.1. The Morgan fingerprint density at radius 3 is 2.57 bits per heavy atom. The number of piperidine rings is 1. The second-order valence-corrected chi connectivity index (χ2v) is 7.83. The van der Waals surface area contributed by atoms with Crippen LogP contribution in [0.5, 0.6) is 5.75 Å². The topological polar surface area (TPSA) is 50.3 Å². The Bertz CT molecular complexity index is 1000. The molecule has 1 fully saturated rings. The fourth-order valence-corrected chi connectivity index (χ4v) is 4.03. The first-order valence-electron chi connectivity index (χ1n) is 9.93. The molecule has 0 radical (unpaired) electrons. The van der Waals surface area contributed by atoms with E-state index in [4.69, 9.17) is 4.74 Å². The fourth-order valence-electron chi connectivity index (χ4n) is 4.03. The lowest BCUT2D eigenvalue weighted by Gasteiger charge is -2.30. The van der Waals surface area contributed by atoms with Crippen molar-refractivity contribution in [2.75, 3.05) is 32.6 Å². The average molecular weight is 377 g/mol. The zero-order valence-corrected chi connectivity index (χ0v) is 17.1. The van der Waals surface area contributed by atoms with Crippen LogP contribution < -0.4 is 10.1 Å². The Hall–Kier alpha value is -2.66. The molecule has 5 nitrogen and oxygen atoms in total. The van der Waals surface area contributed by atoms with Crippen LogP contribution in [0.1, 0.15) is 24.0 Å². The molecule has 1 atom stereocenters. The average Bonchev–Trinajstić information content (AvgIpc) is 2.70. The highest BCUT2D eigenvalue weighted by Crippen LogP contribution is 2.36. The number of aromatic nitrogens is 2. The van der Waals surface area contributed by atoms with Crippen LogP contribution in [0, 0.1) is 13.8 Å². The Morgan fingerprint density at radius 1 is 1.07 bits per heavy atom. The van der Waals surface area contributed by atoms with Gasteiger partial charge in [0.05, 0.1) is 7.11 Å². The van der Waals surface area contributed by atoms with E-state index in [1.807, 2.05) is 0 Å². The summed E-state index contributed by atoms with van der Waals surface area (Å²) in [6.07, 6.45) is 2.37. The van der Waals surface area contributed by atoms with Crippen LogP contribution in [-0.4, -0.2) is 48.4 Å². The summed E-state index contributed by atoms with van der Waals surface area (Å²) >= 11 is 0. The van der Waals surface area contributed by atoms with Crippen molar-refractivity contribution in [2.45, 2.75) is 32.7 Å². The molecule has 0 saturated carbocycles. The first-order valence-corrected chi connectivity index (χ1v) is 9.93. The van der Waals surface area contributed by atoms with Crippen molar-refractivity contribution in [3.63, 3.8) is 0 Å². The van der Waals surface area contributed by atoms with Gasteiger partial charge in [0.2, 0.25) is 0 Å². The summed E-state index contributed by atoms with van der Waals surface area (Å²) in [5.74, 6) is 1.69. The highest BCUT2D eigenvalue weighted by atomic mass is 16.5. The van der Waals surface area contributed by atoms with Gasteiger partial charge in [-0.1, -0.05) is 24.3 Å². The van der Waals surface area contributed by atoms with Gasteiger partial charge in [0, 0.05) is 28.9 Å². The van der Waals surface area contributed by atoms with Crippen LogP contribution in [0.15, 0.2) is 36.4 Å². The number of likely N-dealkylation sites (tertiary alicyclic amines) is 1. The molecule has 5 heteroatoms. The van der Waals surface area contributed by atoms with E-state index in [1.165, 1.54) is 17.5 Å². The minimum absolute atomic E-state index is 0.401. The summed E-state index contributed by atoms with van der Waals surface area (Å²) < 4.78 is 5.66. The molecule has 2 aromatic carbocycles. The van der Waals surface area contributed by atoms with Gasteiger partial charge in [0.25, 0.3) is 0 Å². The largest absolute Gasteiger partial charge is 0.496 e. The van der Waals surface area contributed by atoms with Gasteiger partial charge in [-0.15, -0.1) is 10.2 Å². The monoisotopic (exact) mass is 376 g/mol. The molecule has 0 bridgehead atoms. The van der Waals surface area contributed by atoms with Crippen molar-refractivity contribution in [1.29, 1.82) is 0 Å². The number of anilines is 1. The Morgan fingerprint density at radius 2 is 1.82 bits per heavy atom. The van der Waals surface area contributed by atoms with Crippen LogP contribution in [0.4, 0.5) is 5.82 Å². The number of rotatable bonds is 4. The number of fused-ring (bicyclic) bond motifs is 1. The van der Waals surface area contributed by atoms with Gasteiger partial charge in [-0.2, -0.15) is 0 Å². The predicted octanol–water partition coefficient (Wildman–Crippen LogP) is 4.43. The lowest BCUT2D eigenvalue weighted by atomic mass is 9.99. The standard InChI is InChI=1S/C23H28N4O/c1-15-12-20(21(28-4)13-16(15)2)22-18-9-5-6-10-19(18)23(26-25-22)24-17-8-7-11-27(3)14-17/h5-6,9-10,12-13,17H,7-8,11,14H2,1-4H3,(H,24,26). The van der Waals surface area contributed by atoms with Crippen molar-refractivity contribution in [3.05, 3.63) is 47.5 Å². The van der Waals surface area contributed by atoms with E-state index in [2.05, 4.69) is 77.7 Å². The van der Waals surface area contributed by atoms with Crippen molar-refractivity contribution < 1.29 is 4.74 Å². The second-order valence-electron chi connectivity index (χ2n) is 7.83.